The summed E-state index contributed by atoms with van der Waals surface area (Å²) in [4.78, 5) is 13.9. The Morgan fingerprint density at radius 3 is 2.87 bits per heavy atom. The fourth-order valence-electron chi connectivity index (χ4n) is 4.32. The molecule has 1 fully saturated rings. The van der Waals surface area contributed by atoms with Gasteiger partial charge >= 0.3 is 5.97 Å². The quantitative estimate of drug-likeness (QED) is 0.443. The molecule has 1 aliphatic rings. The van der Waals surface area contributed by atoms with Crippen molar-refractivity contribution >= 4 is 17.6 Å². The first-order valence-corrected chi connectivity index (χ1v) is 10.8. The van der Waals surface area contributed by atoms with Crippen LogP contribution in [0.15, 0.2) is 60.9 Å². The number of hydrogen-bond donors (Lipinski definition) is 0. The molecule has 0 amide bonds. The SMILES string of the molecule is COC(=O)C=Cc1ccc([C@@H]2CCCCCN2CCc2cnn3ccccc23)cc1. The van der Waals surface area contributed by atoms with Crippen molar-refractivity contribution in [2.45, 2.75) is 38.1 Å². The molecule has 0 aliphatic carbocycles. The van der Waals surface area contributed by atoms with Gasteiger partial charge in [-0.2, -0.15) is 5.10 Å². The Balaban J connectivity index is 1.47. The average molecular weight is 404 g/mol. The van der Waals surface area contributed by atoms with Gasteiger partial charge in [-0.3, -0.25) is 4.90 Å². The summed E-state index contributed by atoms with van der Waals surface area (Å²) in [6.45, 7) is 2.17. The van der Waals surface area contributed by atoms with Crippen molar-refractivity contribution < 1.29 is 9.53 Å². The molecule has 0 saturated carbocycles. The van der Waals surface area contributed by atoms with Gasteiger partial charge in [0.05, 0.1) is 18.8 Å². The second-order valence-electron chi connectivity index (χ2n) is 7.87. The molecule has 5 nitrogen and oxygen atoms in total. The molecule has 0 N–H and O–H groups in total. The van der Waals surface area contributed by atoms with E-state index in [1.54, 1.807) is 6.08 Å². The van der Waals surface area contributed by atoms with Crippen LogP contribution in [0.5, 0.6) is 0 Å². The zero-order chi connectivity index (χ0) is 20.8. The smallest absolute Gasteiger partial charge is 0.330 e. The molecule has 1 atom stereocenters. The summed E-state index contributed by atoms with van der Waals surface area (Å²) in [6.07, 6.45) is 13.3. The van der Waals surface area contributed by atoms with Gasteiger partial charge in [-0.1, -0.05) is 43.2 Å². The molecule has 3 aromatic rings. The number of fused-ring (bicyclic) bond motifs is 1. The largest absolute Gasteiger partial charge is 0.466 e. The molecule has 156 valence electrons. The van der Waals surface area contributed by atoms with Gasteiger partial charge in [-0.25, -0.2) is 9.31 Å². The number of benzene rings is 1. The molecule has 1 aromatic carbocycles. The number of aromatic nitrogens is 2. The number of nitrogens with zero attached hydrogens (tertiary/aromatic N) is 3. The zero-order valence-electron chi connectivity index (χ0n) is 17.5. The minimum Gasteiger partial charge on any atom is -0.466 e. The standard InChI is InChI=1S/C25H29N3O2/c1-30-25(29)14-11-20-9-12-21(13-10-20)23-7-3-2-5-16-27(23)18-15-22-19-26-28-17-6-4-8-24(22)28/h4,6,8-14,17,19,23H,2-3,5,7,15-16,18H2,1H3/t23-/m0/s1. The van der Waals surface area contributed by atoms with Crippen LogP contribution >= 0.6 is 0 Å². The van der Waals surface area contributed by atoms with Crippen LogP contribution in [0.25, 0.3) is 11.6 Å². The van der Waals surface area contributed by atoms with Crippen LogP contribution in [0.4, 0.5) is 0 Å². The van der Waals surface area contributed by atoms with E-state index in [9.17, 15) is 4.79 Å². The number of rotatable bonds is 6. The number of esters is 1. The summed E-state index contributed by atoms with van der Waals surface area (Å²) < 4.78 is 6.62. The highest BCUT2D eigenvalue weighted by Gasteiger charge is 2.22. The highest BCUT2D eigenvalue weighted by Crippen LogP contribution is 2.30. The number of carbonyl (C=O) groups excluding carboxylic acids is 1. The first kappa shape index (κ1) is 20.4. The lowest BCUT2D eigenvalue weighted by Crippen LogP contribution is -2.30. The third-order valence-corrected chi connectivity index (χ3v) is 5.97. The van der Waals surface area contributed by atoms with Crippen molar-refractivity contribution in [1.29, 1.82) is 0 Å². The Bertz CT molecular complexity index is 1010. The van der Waals surface area contributed by atoms with Gasteiger partial charge in [-0.15, -0.1) is 0 Å². The predicted octanol–water partition coefficient (Wildman–Crippen LogP) is 4.68. The first-order valence-electron chi connectivity index (χ1n) is 10.8. The molecule has 3 heterocycles. The summed E-state index contributed by atoms with van der Waals surface area (Å²) >= 11 is 0. The average Bonchev–Trinajstić information content (AvgIpc) is 3.05. The van der Waals surface area contributed by atoms with Gasteiger partial charge in [0.1, 0.15) is 0 Å². The number of ether oxygens (including phenoxy) is 1. The monoisotopic (exact) mass is 403 g/mol. The van der Waals surface area contributed by atoms with Crippen LogP contribution in [0.3, 0.4) is 0 Å². The van der Waals surface area contributed by atoms with E-state index in [2.05, 4.69) is 51.1 Å². The van der Waals surface area contributed by atoms with E-state index < -0.39 is 0 Å². The number of hydrogen-bond acceptors (Lipinski definition) is 4. The predicted molar refractivity (Wildman–Crippen MR) is 119 cm³/mol. The lowest BCUT2D eigenvalue weighted by Gasteiger charge is -2.30. The van der Waals surface area contributed by atoms with E-state index in [1.165, 1.54) is 55.5 Å². The van der Waals surface area contributed by atoms with E-state index in [-0.39, 0.29) is 5.97 Å². The van der Waals surface area contributed by atoms with E-state index in [0.29, 0.717) is 6.04 Å². The molecule has 0 radical (unpaired) electrons. The molecule has 5 heteroatoms. The van der Waals surface area contributed by atoms with Crippen molar-refractivity contribution in [3.63, 3.8) is 0 Å². The van der Waals surface area contributed by atoms with Crippen molar-refractivity contribution in [2.24, 2.45) is 0 Å². The number of methoxy groups -OCH3 is 1. The normalized spacial score (nSPS) is 18.0. The number of pyridine rings is 1. The minimum absolute atomic E-state index is 0.332. The van der Waals surface area contributed by atoms with Crippen LogP contribution in [-0.4, -0.2) is 40.7 Å². The molecule has 1 aliphatic heterocycles. The minimum atomic E-state index is -0.332. The summed E-state index contributed by atoms with van der Waals surface area (Å²) in [6, 6.07) is 15.2. The fraction of sp³-hybridized carbons (Fsp3) is 0.360. The second-order valence-corrected chi connectivity index (χ2v) is 7.87. The van der Waals surface area contributed by atoms with Gasteiger partial charge < -0.3 is 4.74 Å². The maximum Gasteiger partial charge on any atom is 0.330 e. The summed E-state index contributed by atoms with van der Waals surface area (Å²) in [5.41, 5.74) is 4.87. The molecule has 1 saturated heterocycles. The van der Waals surface area contributed by atoms with Crippen molar-refractivity contribution in [1.82, 2.24) is 14.5 Å². The third-order valence-electron chi connectivity index (χ3n) is 5.97. The van der Waals surface area contributed by atoms with Crippen LogP contribution in [0.1, 0.15) is 48.4 Å². The summed E-state index contributed by atoms with van der Waals surface area (Å²) in [5, 5.41) is 4.48. The van der Waals surface area contributed by atoms with Gasteiger partial charge in [0.2, 0.25) is 0 Å². The summed E-state index contributed by atoms with van der Waals surface area (Å²) in [7, 11) is 1.39. The lowest BCUT2D eigenvalue weighted by atomic mass is 9.99. The Hall–Kier alpha value is -2.92. The Morgan fingerprint density at radius 1 is 1.17 bits per heavy atom. The Kier molecular flexibility index (Phi) is 6.60. The lowest BCUT2D eigenvalue weighted by molar-refractivity contribution is -0.134. The Labute approximate surface area is 178 Å². The zero-order valence-corrected chi connectivity index (χ0v) is 17.5. The highest BCUT2D eigenvalue weighted by atomic mass is 16.5. The number of likely N-dealkylation sites (tertiary alicyclic amines) is 1. The van der Waals surface area contributed by atoms with E-state index in [1.807, 2.05) is 23.0 Å². The van der Waals surface area contributed by atoms with Gasteiger partial charge in [0, 0.05) is 24.9 Å². The first-order chi connectivity index (χ1) is 14.7. The van der Waals surface area contributed by atoms with E-state index in [4.69, 9.17) is 0 Å². The third kappa shape index (κ3) is 4.79. The molecule has 0 bridgehead atoms. The second kappa shape index (κ2) is 9.72. The molecule has 4 rings (SSSR count). The van der Waals surface area contributed by atoms with Gasteiger partial charge in [0.25, 0.3) is 0 Å². The van der Waals surface area contributed by atoms with Crippen LogP contribution in [0.2, 0.25) is 0 Å². The Morgan fingerprint density at radius 2 is 2.03 bits per heavy atom. The maximum absolute atomic E-state index is 11.3. The molecular formula is C25H29N3O2. The van der Waals surface area contributed by atoms with Crippen LogP contribution in [-0.2, 0) is 16.0 Å². The van der Waals surface area contributed by atoms with Crippen molar-refractivity contribution in [2.75, 3.05) is 20.2 Å². The highest BCUT2D eigenvalue weighted by molar-refractivity contribution is 5.86. The molecule has 0 unspecified atom stereocenters. The van der Waals surface area contributed by atoms with Crippen LogP contribution < -0.4 is 0 Å². The van der Waals surface area contributed by atoms with Gasteiger partial charge in [0.15, 0.2) is 0 Å². The molecule has 2 aromatic heterocycles. The van der Waals surface area contributed by atoms with Crippen molar-refractivity contribution in [3.05, 3.63) is 77.6 Å². The van der Waals surface area contributed by atoms with Crippen LogP contribution in [0, 0.1) is 0 Å². The summed E-state index contributed by atoms with van der Waals surface area (Å²) in [5.74, 6) is -0.332. The topological polar surface area (TPSA) is 46.8 Å². The maximum atomic E-state index is 11.3. The molecular weight excluding hydrogens is 374 g/mol. The number of carbonyl (C=O) groups is 1. The van der Waals surface area contributed by atoms with E-state index in [0.717, 1.165) is 25.1 Å². The molecule has 30 heavy (non-hydrogen) atoms. The fourth-order valence-corrected chi connectivity index (χ4v) is 4.32. The van der Waals surface area contributed by atoms with Crippen molar-refractivity contribution in [3.8, 4) is 0 Å². The van der Waals surface area contributed by atoms with Gasteiger partial charge in [-0.05, 0) is 60.7 Å². The van der Waals surface area contributed by atoms with E-state index >= 15 is 0 Å². The molecule has 0 spiro atoms.